The Kier molecular flexibility index (Phi) is 8.26. The molecule has 23 heavy (non-hydrogen) atoms. The van der Waals surface area contributed by atoms with Crippen molar-refractivity contribution in [1.82, 2.24) is 4.90 Å². The second-order valence-electron chi connectivity index (χ2n) is 6.59. The summed E-state index contributed by atoms with van der Waals surface area (Å²) in [4.78, 5) is 25.4. The summed E-state index contributed by atoms with van der Waals surface area (Å²) in [6.07, 6.45) is 1.60. The molecule has 0 bridgehead atoms. The maximum atomic E-state index is 11.6. The van der Waals surface area contributed by atoms with Crippen molar-refractivity contribution in [1.29, 1.82) is 0 Å². The summed E-state index contributed by atoms with van der Waals surface area (Å²) in [6.45, 7) is 9.69. The van der Waals surface area contributed by atoms with Crippen LogP contribution in [0.1, 0.15) is 40.0 Å². The first kappa shape index (κ1) is 19.6. The van der Waals surface area contributed by atoms with E-state index in [2.05, 4.69) is 4.90 Å². The van der Waals surface area contributed by atoms with E-state index in [1.807, 2.05) is 13.8 Å². The van der Waals surface area contributed by atoms with Crippen molar-refractivity contribution in [3.05, 3.63) is 11.1 Å². The molecule has 0 aromatic heterocycles. The third kappa shape index (κ3) is 6.71. The standard InChI is InChI=1S/C17H29NO5/c1-12(2)11-13(3)15(17(21)22)14(16(19)20)5-4-6-18-7-9-23-10-8-18/h12-13H,4-11H2,1-3H3,(H,19,20)(H,21,22)/b15-14+. The van der Waals surface area contributed by atoms with Crippen molar-refractivity contribution >= 4 is 11.9 Å². The van der Waals surface area contributed by atoms with Crippen LogP contribution in [0.2, 0.25) is 0 Å². The van der Waals surface area contributed by atoms with E-state index >= 15 is 0 Å². The van der Waals surface area contributed by atoms with Crippen LogP contribution in [0.15, 0.2) is 11.1 Å². The van der Waals surface area contributed by atoms with Gasteiger partial charge in [-0.05, 0) is 37.6 Å². The Morgan fingerprint density at radius 3 is 2.17 bits per heavy atom. The molecule has 1 saturated heterocycles. The van der Waals surface area contributed by atoms with Gasteiger partial charge in [0.05, 0.1) is 18.8 Å². The van der Waals surface area contributed by atoms with Gasteiger partial charge in [0.2, 0.25) is 0 Å². The molecule has 0 spiro atoms. The van der Waals surface area contributed by atoms with Crippen molar-refractivity contribution in [3.63, 3.8) is 0 Å². The lowest BCUT2D eigenvalue weighted by Gasteiger charge is -2.26. The van der Waals surface area contributed by atoms with E-state index in [0.717, 1.165) is 19.6 Å². The highest BCUT2D eigenvalue weighted by atomic mass is 16.5. The quantitative estimate of drug-likeness (QED) is 0.632. The molecule has 1 atom stereocenters. The molecule has 6 heteroatoms. The molecule has 0 radical (unpaired) electrons. The summed E-state index contributed by atoms with van der Waals surface area (Å²) in [7, 11) is 0. The minimum absolute atomic E-state index is 0.0545. The number of hydrogen-bond acceptors (Lipinski definition) is 4. The zero-order valence-electron chi connectivity index (χ0n) is 14.4. The molecule has 1 unspecified atom stereocenters. The fourth-order valence-corrected chi connectivity index (χ4v) is 3.12. The average molecular weight is 327 g/mol. The monoisotopic (exact) mass is 327 g/mol. The maximum Gasteiger partial charge on any atom is 0.332 e. The Bertz CT molecular complexity index is 438. The van der Waals surface area contributed by atoms with E-state index < -0.39 is 11.9 Å². The fraction of sp³-hybridized carbons (Fsp3) is 0.765. The van der Waals surface area contributed by atoms with Crippen LogP contribution in [0.3, 0.4) is 0 Å². The van der Waals surface area contributed by atoms with Crippen LogP contribution < -0.4 is 0 Å². The maximum absolute atomic E-state index is 11.6. The second-order valence-corrected chi connectivity index (χ2v) is 6.59. The number of rotatable bonds is 9. The molecular weight excluding hydrogens is 298 g/mol. The largest absolute Gasteiger partial charge is 0.478 e. The second kappa shape index (κ2) is 9.67. The van der Waals surface area contributed by atoms with E-state index in [0.29, 0.717) is 32.0 Å². The van der Waals surface area contributed by atoms with Gasteiger partial charge in [-0.3, -0.25) is 4.90 Å². The summed E-state index contributed by atoms with van der Waals surface area (Å²) in [5, 5.41) is 18.9. The van der Waals surface area contributed by atoms with Gasteiger partial charge in [0, 0.05) is 18.7 Å². The third-order valence-corrected chi connectivity index (χ3v) is 4.14. The normalized spacial score (nSPS) is 18.6. The summed E-state index contributed by atoms with van der Waals surface area (Å²) >= 11 is 0. The molecule has 2 N–H and O–H groups in total. The minimum Gasteiger partial charge on any atom is -0.478 e. The molecule has 1 rings (SSSR count). The number of carboxylic acid groups (broad SMARTS) is 2. The third-order valence-electron chi connectivity index (χ3n) is 4.14. The van der Waals surface area contributed by atoms with Gasteiger partial charge in [0.1, 0.15) is 0 Å². The number of morpholine rings is 1. The van der Waals surface area contributed by atoms with Gasteiger partial charge in [-0.25, -0.2) is 9.59 Å². The number of carboxylic acids is 2. The lowest BCUT2D eigenvalue weighted by molar-refractivity contribution is -0.136. The van der Waals surface area contributed by atoms with Crippen molar-refractivity contribution in [2.75, 3.05) is 32.8 Å². The molecule has 1 aliphatic heterocycles. The predicted molar refractivity (Wildman–Crippen MR) is 87.4 cm³/mol. The Morgan fingerprint density at radius 2 is 1.70 bits per heavy atom. The van der Waals surface area contributed by atoms with Crippen LogP contribution in [0.5, 0.6) is 0 Å². The lowest BCUT2D eigenvalue weighted by atomic mass is 9.87. The summed E-state index contributed by atoms with van der Waals surface area (Å²) in [5.74, 6) is -2.16. The van der Waals surface area contributed by atoms with E-state index in [9.17, 15) is 19.8 Å². The molecule has 132 valence electrons. The zero-order chi connectivity index (χ0) is 17.4. The number of carbonyl (C=O) groups is 2. The van der Waals surface area contributed by atoms with E-state index in [-0.39, 0.29) is 23.5 Å². The fourth-order valence-electron chi connectivity index (χ4n) is 3.12. The molecule has 1 heterocycles. The Morgan fingerprint density at radius 1 is 1.09 bits per heavy atom. The van der Waals surface area contributed by atoms with Gasteiger partial charge < -0.3 is 14.9 Å². The van der Waals surface area contributed by atoms with Crippen LogP contribution in [-0.4, -0.2) is 59.9 Å². The highest BCUT2D eigenvalue weighted by Gasteiger charge is 2.25. The van der Waals surface area contributed by atoms with Crippen LogP contribution in [0, 0.1) is 11.8 Å². The van der Waals surface area contributed by atoms with Crippen LogP contribution in [0.4, 0.5) is 0 Å². The molecular formula is C17H29NO5. The molecule has 1 aliphatic rings. The molecule has 0 amide bonds. The van der Waals surface area contributed by atoms with Crippen molar-refractivity contribution in [3.8, 4) is 0 Å². The summed E-state index contributed by atoms with van der Waals surface area (Å²) in [5.41, 5.74) is 0.118. The minimum atomic E-state index is -1.11. The first-order valence-corrected chi connectivity index (χ1v) is 8.32. The number of ether oxygens (including phenoxy) is 1. The van der Waals surface area contributed by atoms with Gasteiger partial charge in [-0.2, -0.15) is 0 Å². The van der Waals surface area contributed by atoms with Gasteiger partial charge in [-0.15, -0.1) is 0 Å². The van der Waals surface area contributed by atoms with Crippen LogP contribution in [0.25, 0.3) is 0 Å². The van der Waals surface area contributed by atoms with Gasteiger partial charge in [-0.1, -0.05) is 20.8 Å². The number of hydrogen-bond donors (Lipinski definition) is 2. The average Bonchev–Trinajstić information content (AvgIpc) is 2.45. The van der Waals surface area contributed by atoms with E-state index in [4.69, 9.17) is 4.74 Å². The van der Waals surface area contributed by atoms with Gasteiger partial charge >= 0.3 is 11.9 Å². The molecule has 0 aromatic rings. The highest BCUT2D eigenvalue weighted by Crippen LogP contribution is 2.25. The molecule has 0 aromatic carbocycles. The van der Waals surface area contributed by atoms with Gasteiger partial charge in [0.25, 0.3) is 0 Å². The first-order valence-electron chi connectivity index (χ1n) is 8.32. The summed E-state index contributed by atoms with van der Waals surface area (Å²) in [6, 6.07) is 0. The molecule has 0 saturated carbocycles. The van der Waals surface area contributed by atoms with E-state index in [1.54, 1.807) is 6.92 Å². The Hall–Kier alpha value is -1.40. The lowest BCUT2D eigenvalue weighted by Crippen LogP contribution is -2.36. The van der Waals surface area contributed by atoms with E-state index in [1.165, 1.54) is 0 Å². The first-order chi connectivity index (χ1) is 10.8. The van der Waals surface area contributed by atoms with Crippen molar-refractivity contribution < 1.29 is 24.5 Å². The van der Waals surface area contributed by atoms with Crippen molar-refractivity contribution in [2.45, 2.75) is 40.0 Å². The van der Waals surface area contributed by atoms with Crippen LogP contribution in [-0.2, 0) is 14.3 Å². The number of nitrogens with zero attached hydrogens (tertiary/aromatic N) is 1. The predicted octanol–water partition coefficient (Wildman–Crippen LogP) is 2.25. The smallest absolute Gasteiger partial charge is 0.332 e. The zero-order valence-corrected chi connectivity index (χ0v) is 14.4. The van der Waals surface area contributed by atoms with Gasteiger partial charge in [0.15, 0.2) is 0 Å². The SMILES string of the molecule is CC(C)CC(C)/C(C(=O)O)=C(/CCCN1CCOCC1)C(=O)O. The Balaban J connectivity index is 2.77. The Labute approximate surface area is 138 Å². The molecule has 1 fully saturated rings. The summed E-state index contributed by atoms with van der Waals surface area (Å²) < 4.78 is 5.28. The topological polar surface area (TPSA) is 87.1 Å². The van der Waals surface area contributed by atoms with Crippen LogP contribution >= 0.6 is 0 Å². The highest BCUT2D eigenvalue weighted by molar-refractivity contribution is 5.99. The molecule has 0 aliphatic carbocycles. The molecule has 6 nitrogen and oxygen atoms in total. The number of aliphatic carboxylic acids is 2. The van der Waals surface area contributed by atoms with Crippen molar-refractivity contribution in [2.24, 2.45) is 11.8 Å².